The number of fused-ring (bicyclic) bond motifs is 1. The maximum atomic E-state index is 11.1. The summed E-state index contributed by atoms with van der Waals surface area (Å²) in [6.45, 7) is 0. The van der Waals surface area contributed by atoms with E-state index in [1.54, 1.807) is 0 Å². The molecule has 1 aromatic carbocycles. The van der Waals surface area contributed by atoms with Gasteiger partial charge in [0.2, 0.25) is 11.8 Å². The summed E-state index contributed by atoms with van der Waals surface area (Å²) in [4.78, 5) is 22.2. The van der Waals surface area contributed by atoms with Crippen LogP contribution >= 0.6 is 0 Å². The number of benzene rings is 1. The second kappa shape index (κ2) is 3.02. The largest absolute Gasteiger partial charge is 0.508 e. The van der Waals surface area contributed by atoms with Gasteiger partial charge in [0.05, 0.1) is 11.4 Å². The number of hydrogen-bond donors (Lipinski definition) is 3. The minimum atomic E-state index is -0.383. The molecule has 0 bridgehead atoms. The standard InChI is InChI=1S/C9H8N2O3/c12-5-1-2-6-7(3-5)11-9(14)4-8(13)10-6/h1-3,12H,4H2,(H,10,13)(H,11,14). The van der Waals surface area contributed by atoms with E-state index in [9.17, 15) is 9.59 Å². The van der Waals surface area contributed by atoms with Crippen LogP contribution in [0.4, 0.5) is 11.4 Å². The van der Waals surface area contributed by atoms with Crippen molar-refractivity contribution in [2.24, 2.45) is 0 Å². The molecule has 0 atom stereocenters. The lowest BCUT2D eigenvalue weighted by atomic mass is 10.2. The van der Waals surface area contributed by atoms with Crippen molar-refractivity contribution in [1.82, 2.24) is 0 Å². The molecule has 0 saturated heterocycles. The van der Waals surface area contributed by atoms with Crippen LogP contribution in [0.2, 0.25) is 0 Å². The molecule has 0 spiro atoms. The molecule has 0 radical (unpaired) electrons. The van der Waals surface area contributed by atoms with E-state index in [0.29, 0.717) is 11.4 Å². The predicted octanol–water partition coefficient (Wildman–Crippen LogP) is 0.673. The average molecular weight is 192 g/mol. The van der Waals surface area contributed by atoms with Gasteiger partial charge in [0.15, 0.2) is 0 Å². The van der Waals surface area contributed by atoms with Gasteiger partial charge in [-0.1, -0.05) is 0 Å². The van der Waals surface area contributed by atoms with Crippen LogP contribution in [0.1, 0.15) is 6.42 Å². The fourth-order valence-electron chi connectivity index (χ4n) is 1.28. The van der Waals surface area contributed by atoms with Gasteiger partial charge in [0.1, 0.15) is 12.2 Å². The van der Waals surface area contributed by atoms with E-state index in [-0.39, 0.29) is 24.0 Å². The third-order valence-corrected chi connectivity index (χ3v) is 1.87. The highest BCUT2D eigenvalue weighted by molar-refractivity contribution is 6.13. The third kappa shape index (κ3) is 1.52. The molecule has 0 saturated carbocycles. The molecule has 2 amide bonds. The summed E-state index contributed by atoms with van der Waals surface area (Å²) in [5.74, 6) is -0.695. The van der Waals surface area contributed by atoms with Crippen molar-refractivity contribution >= 4 is 23.2 Å². The van der Waals surface area contributed by atoms with Crippen LogP contribution in [0.5, 0.6) is 5.75 Å². The zero-order valence-electron chi connectivity index (χ0n) is 7.20. The van der Waals surface area contributed by atoms with E-state index in [1.165, 1.54) is 18.2 Å². The Balaban J connectivity index is 2.46. The number of phenols is 1. The number of phenolic OH excluding ortho intramolecular Hbond substituents is 1. The predicted molar refractivity (Wildman–Crippen MR) is 50.0 cm³/mol. The molecule has 0 aliphatic carbocycles. The average Bonchev–Trinajstić information content (AvgIpc) is 2.21. The summed E-state index contributed by atoms with van der Waals surface area (Å²) in [7, 11) is 0. The van der Waals surface area contributed by atoms with Crippen LogP contribution in [0.25, 0.3) is 0 Å². The first kappa shape index (κ1) is 8.55. The smallest absolute Gasteiger partial charge is 0.233 e. The molecule has 1 aromatic rings. The Morgan fingerprint density at radius 2 is 1.71 bits per heavy atom. The molecule has 0 aromatic heterocycles. The fourth-order valence-corrected chi connectivity index (χ4v) is 1.28. The quantitative estimate of drug-likeness (QED) is 0.417. The van der Waals surface area contributed by atoms with Crippen molar-refractivity contribution in [1.29, 1.82) is 0 Å². The summed E-state index contributed by atoms with van der Waals surface area (Å²) in [5, 5.41) is 14.2. The van der Waals surface area contributed by atoms with Gasteiger partial charge >= 0.3 is 0 Å². The van der Waals surface area contributed by atoms with E-state index in [2.05, 4.69) is 10.6 Å². The Hall–Kier alpha value is -2.04. The van der Waals surface area contributed by atoms with Crippen LogP contribution in [0.15, 0.2) is 18.2 Å². The normalized spacial score (nSPS) is 15.1. The number of carbonyl (C=O) groups excluding carboxylic acids is 2. The van der Waals surface area contributed by atoms with Gasteiger partial charge in [-0.05, 0) is 12.1 Å². The number of anilines is 2. The lowest BCUT2D eigenvalue weighted by Gasteiger charge is -2.06. The Bertz CT molecular complexity index is 415. The van der Waals surface area contributed by atoms with Crippen molar-refractivity contribution in [3.05, 3.63) is 18.2 Å². The van der Waals surface area contributed by atoms with E-state index >= 15 is 0 Å². The molecule has 72 valence electrons. The van der Waals surface area contributed by atoms with Crippen LogP contribution in [-0.2, 0) is 9.59 Å². The van der Waals surface area contributed by atoms with E-state index < -0.39 is 0 Å². The minimum absolute atomic E-state index is 0.0419. The zero-order chi connectivity index (χ0) is 10.1. The second-order valence-corrected chi connectivity index (χ2v) is 3.00. The van der Waals surface area contributed by atoms with Crippen LogP contribution in [-0.4, -0.2) is 16.9 Å². The minimum Gasteiger partial charge on any atom is -0.508 e. The summed E-state index contributed by atoms with van der Waals surface area (Å²) in [5.41, 5.74) is 0.916. The van der Waals surface area contributed by atoms with Gasteiger partial charge in [-0.2, -0.15) is 0 Å². The fraction of sp³-hybridized carbons (Fsp3) is 0.111. The molecular formula is C9H8N2O3. The first-order chi connectivity index (χ1) is 6.65. The second-order valence-electron chi connectivity index (χ2n) is 3.00. The molecule has 2 rings (SSSR count). The van der Waals surface area contributed by atoms with Gasteiger partial charge in [0.25, 0.3) is 0 Å². The third-order valence-electron chi connectivity index (χ3n) is 1.87. The maximum Gasteiger partial charge on any atom is 0.233 e. The summed E-state index contributed by atoms with van der Waals surface area (Å²) in [6, 6.07) is 4.36. The van der Waals surface area contributed by atoms with Gasteiger partial charge < -0.3 is 15.7 Å². The molecule has 3 N–H and O–H groups in total. The number of hydrogen-bond acceptors (Lipinski definition) is 3. The molecule has 5 nitrogen and oxygen atoms in total. The Morgan fingerprint density at radius 3 is 2.43 bits per heavy atom. The number of rotatable bonds is 0. The maximum absolute atomic E-state index is 11.1. The van der Waals surface area contributed by atoms with Gasteiger partial charge in [0, 0.05) is 6.07 Å². The van der Waals surface area contributed by atoms with Gasteiger partial charge in [-0.3, -0.25) is 9.59 Å². The highest BCUT2D eigenvalue weighted by atomic mass is 16.3. The summed E-state index contributed by atoms with van der Waals surface area (Å²) in [6.07, 6.45) is -0.199. The van der Waals surface area contributed by atoms with Crippen molar-refractivity contribution in [3.63, 3.8) is 0 Å². The van der Waals surface area contributed by atoms with Crippen LogP contribution in [0, 0.1) is 0 Å². The highest BCUT2D eigenvalue weighted by Gasteiger charge is 2.17. The summed E-state index contributed by atoms with van der Waals surface area (Å²) < 4.78 is 0. The van der Waals surface area contributed by atoms with Crippen molar-refractivity contribution < 1.29 is 14.7 Å². The number of amides is 2. The Kier molecular flexibility index (Phi) is 1.85. The van der Waals surface area contributed by atoms with Gasteiger partial charge in [-0.25, -0.2) is 0 Å². The number of nitrogens with one attached hydrogen (secondary N) is 2. The first-order valence-corrected chi connectivity index (χ1v) is 4.08. The lowest BCUT2D eigenvalue weighted by molar-refractivity contribution is -0.123. The lowest BCUT2D eigenvalue weighted by Crippen LogP contribution is -2.16. The topological polar surface area (TPSA) is 78.4 Å². The zero-order valence-corrected chi connectivity index (χ0v) is 7.20. The molecule has 1 aliphatic rings. The number of aromatic hydroxyl groups is 1. The molecule has 0 unspecified atom stereocenters. The van der Waals surface area contributed by atoms with Crippen molar-refractivity contribution in [3.8, 4) is 5.75 Å². The first-order valence-electron chi connectivity index (χ1n) is 4.08. The molecular weight excluding hydrogens is 184 g/mol. The van der Waals surface area contributed by atoms with Crippen LogP contribution < -0.4 is 10.6 Å². The van der Waals surface area contributed by atoms with E-state index in [4.69, 9.17) is 5.11 Å². The Morgan fingerprint density at radius 1 is 1.07 bits per heavy atom. The molecule has 14 heavy (non-hydrogen) atoms. The molecule has 1 aliphatic heterocycles. The molecule has 1 heterocycles. The molecule has 5 heteroatoms. The van der Waals surface area contributed by atoms with E-state index in [0.717, 1.165) is 0 Å². The highest BCUT2D eigenvalue weighted by Crippen LogP contribution is 2.28. The SMILES string of the molecule is O=C1CC(=O)Nc2cc(O)ccc2N1. The van der Waals surface area contributed by atoms with Crippen molar-refractivity contribution in [2.75, 3.05) is 10.6 Å². The molecule has 0 fully saturated rings. The van der Waals surface area contributed by atoms with Gasteiger partial charge in [-0.15, -0.1) is 0 Å². The van der Waals surface area contributed by atoms with Crippen LogP contribution in [0.3, 0.4) is 0 Å². The number of carbonyl (C=O) groups is 2. The van der Waals surface area contributed by atoms with E-state index in [1.807, 2.05) is 0 Å². The van der Waals surface area contributed by atoms with Crippen molar-refractivity contribution in [2.45, 2.75) is 6.42 Å². The Labute approximate surface area is 79.7 Å². The summed E-state index contributed by atoms with van der Waals surface area (Å²) >= 11 is 0. The monoisotopic (exact) mass is 192 g/mol.